The minimum atomic E-state index is -0.916. The molecule has 2 rings (SSSR count). The highest BCUT2D eigenvalue weighted by Crippen LogP contribution is 2.27. The fraction of sp³-hybridized carbons (Fsp3) is 0.556. The molecule has 0 aromatic heterocycles. The van der Waals surface area contributed by atoms with Crippen molar-refractivity contribution >= 4 is 11.9 Å². The quantitative estimate of drug-likeness (QED) is 0.785. The van der Waals surface area contributed by atoms with E-state index < -0.39 is 5.97 Å². The molecule has 5 nitrogen and oxygen atoms in total. The molecule has 0 saturated carbocycles. The molecule has 0 aliphatic carbocycles. The van der Waals surface area contributed by atoms with Crippen molar-refractivity contribution < 1.29 is 19.4 Å². The van der Waals surface area contributed by atoms with Crippen LogP contribution in [0.15, 0.2) is 24.3 Å². The summed E-state index contributed by atoms with van der Waals surface area (Å²) in [6.45, 7) is 4.35. The van der Waals surface area contributed by atoms with Crippen LogP contribution >= 0.6 is 0 Å². The molecule has 0 spiro atoms. The number of hydrogen-bond donors (Lipinski definition) is 1. The molecule has 1 atom stereocenters. The number of carboxylic acid groups (broad SMARTS) is 1. The van der Waals surface area contributed by atoms with E-state index in [1.165, 1.54) is 0 Å². The lowest BCUT2D eigenvalue weighted by molar-refractivity contribution is -0.137. The van der Waals surface area contributed by atoms with E-state index in [-0.39, 0.29) is 18.4 Å². The monoisotopic (exact) mass is 319 g/mol. The van der Waals surface area contributed by atoms with Gasteiger partial charge in [0.2, 0.25) is 5.91 Å². The Hall–Kier alpha value is -1.88. The Morgan fingerprint density at radius 1 is 1.30 bits per heavy atom. The maximum atomic E-state index is 12.2. The van der Waals surface area contributed by atoms with Crippen molar-refractivity contribution in [3.05, 3.63) is 35.4 Å². The number of aromatic carboxylic acids is 1. The fourth-order valence-electron chi connectivity index (χ4n) is 2.87. The van der Waals surface area contributed by atoms with Gasteiger partial charge in [0, 0.05) is 25.6 Å². The molecule has 126 valence electrons. The fourth-order valence-corrected chi connectivity index (χ4v) is 2.87. The summed E-state index contributed by atoms with van der Waals surface area (Å²) >= 11 is 0. The van der Waals surface area contributed by atoms with Crippen LogP contribution in [-0.2, 0) is 9.53 Å². The van der Waals surface area contributed by atoms with Gasteiger partial charge in [-0.1, -0.05) is 25.5 Å². The maximum absolute atomic E-state index is 12.2. The summed E-state index contributed by atoms with van der Waals surface area (Å²) < 4.78 is 5.42. The van der Waals surface area contributed by atoms with Crippen LogP contribution in [0.4, 0.5) is 0 Å². The second-order valence-electron chi connectivity index (χ2n) is 6.01. The highest BCUT2D eigenvalue weighted by Gasteiger charge is 2.24. The number of nitrogens with zero attached hydrogens (tertiary/aromatic N) is 1. The number of carbonyl (C=O) groups excluding carboxylic acids is 1. The SMILES string of the molecule is CCCCOCC(=O)N1CCC[C@H](c2ccc(C(=O)O)cc2)C1. The molecule has 23 heavy (non-hydrogen) atoms. The van der Waals surface area contributed by atoms with Crippen LogP contribution in [0.3, 0.4) is 0 Å². The zero-order chi connectivity index (χ0) is 16.7. The zero-order valence-electron chi connectivity index (χ0n) is 13.7. The van der Waals surface area contributed by atoms with E-state index >= 15 is 0 Å². The van der Waals surface area contributed by atoms with Crippen LogP contribution in [0.25, 0.3) is 0 Å². The van der Waals surface area contributed by atoms with Crippen molar-refractivity contribution in [2.45, 2.75) is 38.5 Å². The highest BCUT2D eigenvalue weighted by molar-refractivity contribution is 5.87. The molecule has 1 amide bonds. The molecule has 1 aliphatic rings. The zero-order valence-corrected chi connectivity index (χ0v) is 13.7. The molecule has 1 saturated heterocycles. The second kappa shape index (κ2) is 8.67. The smallest absolute Gasteiger partial charge is 0.335 e. The Morgan fingerprint density at radius 2 is 2.04 bits per heavy atom. The molecule has 1 aromatic rings. The molecule has 0 bridgehead atoms. The van der Waals surface area contributed by atoms with Crippen molar-refractivity contribution in [2.24, 2.45) is 0 Å². The van der Waals surface area contributed by atoms with E-state index in [4.69, 9.17) is 9.84 Å². The van der Waals surface area contributed by atoms with Crippen LogP contribution in [-0.4, -0.2) is 48.2 Å². The lowest BCUT2D eigenvalue weighted by atomic mass is 9.90. The van der Waals surface area contributed by atoms with E-state index in [2.05, 4.69) is 6.92 Å². The minimum Gasteiger partial charge on any atom is -0.478 e. The Labute approximate surface area is 137 Å². The first-order valence-corrected chi connectivity index (χ1v) is 8.30. The summed E-state index contributed by atoms with van der Waals surface area (Å²) in [6, 6.07) is 6.98. The average molecular weight is 319 g/mol. The predicted molar refractivity (Wildman–Crippen MR) is 87.7 cm³/mol. The van der Waals surface area contributed by atoms with Gasteiger partial charge in [-0.3, -0.25) is 4.79 Å². The van der Waals surface area contributed by atoms with Crippen LogP contribution < -0.4 is 0 Å². The molecule has 0 unspecified atom stereocenters. The number of unbranched alkanes of at least 4 members (excludes halogenated alkanes) is 1. The largest absolute Gasteiger partial charge is 0.478 e. The van der Waals surface area contributed by atoms with Gasteiger partial charge in [-0.05, 0) is 37.0 Å². The Kier molecular flexibility index (Phi) is 6.59. The van der Waals surface area contributed by atoms with Crippen LogP contribution in [0.1, 0.15) is 54.4 Å². The summed E-state index contributed by atoms with van der Waals surface area (Å²) in [6.07, 6.45) is 4.02. The van der Waals surface area contributed by atoms with Gasteiger partial charge in [0.1, 0.15) is 6.61 Å². The van der Waals surface area contributed by atoms with Crippen LogP contribution in [0.5, 0.6) is 0 Å². The van der Waals surface area contributed by atoms with Gasteiger partial charge in [0.15, 0.2) is 0 Å². The van der Waals surface area contributed by atoms with Gasteiger partial charge in [-0.25, -0.2) is 4.79 Å². The number of rotatable bonds is 7. The van der Waals surface area contributed by atoms with Crippen molar-refractivity contribution in [3.8, 4) is 0 Å². The first-order chi connectivity index (χ1) is 11.1. The number of piperidine rings is 1. The third-order valence-electron chi connectivity index (χ3n) is 4.27. The first-order valence-electron chi connectivity index (χ1n) is 8.30. The van der Waals surface area contributed by atoms with E-state index in [9.17, 15) is 9.59 Å². The summed E-state index contributed by atoms with van der Waals surface area (Å²) in [7, 11) is 0. The summed E-state index contributed by atoms with van der Waals surface area (Å²) in [5.74, 6) is -0.597. The number of ether oxygens (including phenoxy) is 1. The number of likely N-dealkylation sites (tertiary alicyclic amines) is 1. The molecular weight excluding hydrogens is 294 g/mol. The number of carboxylic acids is 1. The molecule has 1 fully saturated rings. The van der Waals surface area contributed by atoms with E-state index in [0.29, 0.717) is 18.7 Å². The third-order valence-corrected chi connectivity index (χ3v) is 4.27. The van der Waals surface area contributed by atoms with Crippen molar-refractivity contribution in [2.75, 3.05) is 26.3 Å². The van der Waals surface area contributed by atoms with E-state index in [0.717, 1.165) is 37.8 Å². The van der Waals surface area contributed by atoms with Gasteiger partial charge in [0.25, 0.3) is 0 Å². The molecule has 1 aromatic carbocycles. The molecule has 1 N–H and O–H groups in total. The van der Waals surface area contributed by atoms with Crippen molar-refractivity contribution in [1.82, 2.24) is 4.90 Å². The summed E-state index contributed by atoms with van der Waals surface area (Å²) in [5, 5.41) is 8.95. The molecule has 1 heterocycles. The molecule has 5 heteroatoms. The predicted octanol–water partition coefficient (Wildman–Crippen LogP) is 2.91. The average Bonchev–Trinajstić information content (AvgIpc) is 2.59. The third kappa shape index (κ3) is 5.06. The van der Waals surface area contributed by atoms with Gasteiger partial charge in [0.05, 0.1) is 5.56 Å². The van der Waals surface area contributed by atoms with E-state index in [1.807, 2.05) is 17.0 Å². The lowest BCUT2D eigenvalue weighted by Gasteiger charge is -2.33. The van der Waals surface area contributed by atoms with Crippen molar-refractivity contribution in [3.63, 3.8) is 0 Å². The topological polar surface area (TPSA) is 66.8 Å². The molecule has 0 radical (unpaired) electrons. The van der Waals surface area contributed by atoms with Gasteiger partial charge < -0.3 is 14.7 Å². The normalized spacial score (nSPS) is 18.0. The van der Waals surface area contributed by atoms with Gasteiger partial charge in [-0.2, -0.15) is 0 Å². The Morgan fingerprint density at radius 3 is 2.70 bits per heavy atom. The van der Waals surface area contributed by atoms with Gasteiger partial charge >= 0.3 is 5.97 Å². The second-order valence-corrected chi connectivity index (χ2v) is 6.01. The number of carbonyl (C=O) groups is 2. The highest BCUT2D eigenvalue weighted by atomic mass is 16.5. The lowest BCUT2D eigenvalue weighted by Crippen LogP contribution is -2.41. The summed E-state index contributed by atoms with van der Waals surface area (Å²) in [5.41, 5.74) is 1.39. The standard InChI is InChI=1S/C18H25NO4/c1-2-3-11-23-13-17(20)19-10-4-5-16(12-19)14-6-8-15(9-7-14)18(21)22/h6-9,16H,2-5,10-13H2,1H3,(H,21,22)/t16-/m0/s1. The number of amides is 1. The van der Waals surface area contributed by atoms with E-state index in [1.54, 1.807) is 12.1 Å². The number of hydrogen-bond acceptors (Lipinski definition) is 3. The minimum absolute atomic E-state index is 0.0490. The molecule has 1 aliphatic heterocycles. The number of benzene rings is 1. The van der Waals surface area contributed by atoms with Crippen molar-refractivity contribution in [1.29, 1.82) is 0 Å². The summed E-state index contributed by atoms with van der Waals surface area (Å²) in [4.78, 5) is 25.0. The van der Waals surface area contributed by atoms with Crippen LogP contribution in [0.2, 0.25) is 0 Å². The Bertz CT molecular complexity index is 526. The molecular formula is C18H25NO4. The van der Waals surface area contributed by atoms with Gasteiger partial charge in [-0.15, -0.1) is 0 Å². The maximum Gasteiger partial charge on any atom is 0.335 e. The van der Waals surface area contributed by atoms with Crippen LogP contribution in [0, 0.1) is 0 Å². The first kappa shape index (κ1) is 17.5. The Balaban J connectivity index is 1.89.